The summed E-state index contributed by atoms with van der Waals surface area (Å²) in [7, 11) is 1.56. The van der Waals surface area contributed by atoms with E-state index < -0.39 is 12.0 Å². The molecule has 2 heterocycles. The maximum atomic E-state index is 14.2. The first kappa shape index (κ1) is 35.1. The Hall–Kier alpha value is -3.69. The third-order valence-corrected chi connectivity index (χ3v) is 10.5. The van der Waals surface area contributed by atoms with Crippen molar-refractivity contribution < 1.29 is 23.7 Å². The van der Waals surface area contributed by atoms with Gasteiger partial charge in [0.2, 0.25) is 0 Å². The molecular formula is C38H34I2N2O6S. The number of methoxy groups -OCH3 is 1. The monoisotopic (exact) mass is 900 g/mol. The fourth-order valence-corrected chi connectivity index (χ4v) is 8.92. The van der Waals surface area contributed by atoms with Crippen LogP contribution in [-0.2, 0) is 16.1 Å². The Kier molecular flexibility index (Phi) is 10.8. The van der Waals surface area contributed by atoms with E-state index in [0.29, 0.717) is 44.3 Å². The summed E-state index contributed by atoms with van der Waals surface area (Å²) in [5.41, 5.74) is 3.15. The highest BCUT2D eigenvalue weighted by molar-refractivity contribution is 14.1. The molecule has 4 aromatic carbocycles. The second-order valence-corrected chi connectivity index (χ2v) is 15.0. The van der Waals surface area contributed by atoms with E-state index in [0.717, 1.165) is 24.0 Å². The molecule has 1 aliphatic rings. The predicted octanol–water partition coefficient (Wildman–Crippen LogP) is 7.54. The number of fused-ring (bicyclic) bond motifs is 2. The number of aromatic nitrogens is 1. The topological polar surface area (TPSA) is 88.4 Å². The molecule has 0 bridgehead atoms. The zero-order valence-corrected chi connectivity index (χ0v) is 32.7. The highest BCUT2D eigenvalue weighted by Crippen LogP contribution is 2.37. The van der Waals surface area contributed by atoms with Crippen LogP contribution >= 0.6 is 56.5 Å². The van der Waals surface area contributed by atoms with Crippen molar-refractivity contribution in [1.82, 2.24) is 4.57 Å². The smallest absolute Gasteiger partial charge is 0.338 e. The third kappa shape index (κ3) is 7.43. The number of carbonyl (C=O) groups excluding carboxylic acids is 1. The van der Waals surface area contributed by atoms with Gasteiger partial charge in [-0.05, 0) is 137 Å². The molecule has 0 amide bonds. The minimum atomic E-state index is -0.773. The highest BCUT2D eigenvalue weighted by Gasteiger charge is 2.34. The Morgan fingerprint density at radius 3 is 2.43 bits per heavy atom. The molecule has 49 heavy (non-hydrogen) atoms. The molecule has 0 spiro atoms. The Morgan fingerprint density at radius 2 is 1.73 bits per heavy atom. The van der Waals surface area contributed by atoms with Crippen LogP contribution in [0.2, 0.25) is 0 Å². The van der Waals surface area contributed by atoms with E-state index in [4.69, 9.17) is 23.9 Å². The number of nitrogens with zero attached hydrogens (tertiary/aromatic N) is 2. The zero-order valence-electron chi connectivity index (χ0n) is 27.6. The summed E-state index contributed by atoms with van der Waals surface area (Å²) in [5, 5.41) is 2.37. The summed E-state index contributed by atoms with van der Waals surface area (Å²) in [6, 6.07) is 23.3. The minimum Gasteiger partial charge on any atom is -0.493 e. The molecule has 8 nitrogen and oxygen atoms in total. The molecule has 0 saturated carbocycles. The lowest BCUT2D eigenvalue weighted by atomic mass is 9.95. The number of hydrogen-bond acceptors (Lipinski definition) is 8. The molecule has 0 N–H and O–H groups in total. The number of hydrogen-bond donors (Lipinski definition) is 0. The van der Waals surface area contributed by atoms with Crippen LogP contribution in [0.15, 0.2) is 93.9 Å². The van der Waals surface area contributed by atoms with Gasteiger partial charge in [0.1, 0.15) is 12.4 Å². The third-order valence-electron chi connectivity index (χ3n) is 7.90. The lowest BCUT2D eigenvalue weighted by Gasteiger charge is -2.25. The van der Waals surface area contributed by atoms with Gasteiger partial charge in [-0.1, -0.05) is 53.8 Å². The van der Waals surface area contributed by atoms with Gasteiger partial charge >= 0.3 is 5.97 Å². The quantitative estimate of drug-likeness (QED) is 0.107. The van der Waals surface area contributed by atoms with Crippen molar-refractivity contribution >= 4 is 79.3 Å². The van der Waals surface area contributed by atoms with Gasteiger partial charge in [-0.2, -0.15) is 0 Å². The van der Waals surface area contributed by atoms with Gasteiger partial charge in [0, 0.05) is 0 Å². The van der Waals surface area contributed by atoms with Crippen LogP contribution in [0, 0.1) is 7.14 Å². The number of ether oxygens (including phenoxy) is 4. The van der Waals surface area contributed by atoms with E-state index in [9.17, 15) is 9.59 Å². The van der Waals surface area contributed by atoms with Crippen LogP contribution in [0.1, 0.15) is 50.4 Å². The summed E-state index contributed by atoms with van der Waals surface area (Å²) in [6.07, 6.45) is 1.80. The summed E-state index contributed by atoms with van der Waals surface area (Å²) < 4.78 is 27.3. The van der Waals surface area contributed by atoms with Gasteiger partial charge in [-0.25, -0.2) is 9.79 Å². The van der Waals surface area contributed by atoms with Crippen molar-refractivity contribution in [3.8, 4) is 17.2 Å². The summed E-state index contributed by atoms with van der Waals surface area (Å²) in [4.78, 5) is 32.8. The summed E-state index contributed by atoms with van der Waals surface area (Å²) >= 11 is 5.83. The summed E-state index contributed by atoms with van der Waals surface area (Å²) in [5.74, 6) is 1.34. The maximum Gasteiger partial charge on any atom is 0.338 e. The second-order valence-electron chi connectivity index (χ2n) is 11.7. The Morgan fingerprint density at radius 1 is 1.00 bits per heavy atom. The molecule has 1 aliphatic heterocycles. The van der Waals surface area contributed by atoms with Crippen LogP contribution < -0.4 is 29.1 Å². The van der Waals surface area contributed by atoms with Gasteiger partial charge in [0.25, 0.3) is 5.56 Å². The maximum absolute atomic E-state index is 14.2. The minimum absolute atomic E-state index is 0.0639. The molecule has 1 atom stereocenters. The lowest BCUT2D eigenvalue weighted by Crippen LogP contribution is -2.40. The van der Waals surface area contributed by atoms with E-state index in [-0.39, 0.29) is 18.3 Å². The van der Waals surface area contributed by atoms with E-state index >= 15 is 0 Å². The fourth-order valence-electron chi connectivity index (χ4n) is 5.75. The first-order chi connectivity index (χ1) is 23.6. The molecule has 0 fully saturated rings. The standard InChI is InChI=1S/C38H34I2N2O6S/c1-6-46-37(44)33-22(4)41-38-42(34(33)27-13-14-30(48-21(2)3)31(19-27)45-5)36(43)32(49-38)18-24-16-28(39)35(29(40)17-24)47-20-23-11-12-25-9-7-8-10-26(25)15-23/h7-19,21,34H,6,20H2,1-5H3/b32-18-/t34-/m1/s1. The van der Waals surface area contributed by atoms with Crippen molar-refractivity contribution in [1.29, 1.82) is 0 Å². The van der Waals surface area contributed by atoms with E-state index in [2.05, 4.69) is 75.5 Å². The number of halogens is 2. The van der Waals surface area contributed by atoms with Crippen LogP contribution in [0.3, 0.4) is 0 Å². The van der Waals surface area contributed by atoms with Crippen molar-refractivity contribution in [2.45, 2.75) is 46.4 Å². The Labute approximate surface area is 315 Å². The fraction of sp³-hybridized carbons (Fsp3) is 0.237. The molecule has 0 aliphatic carbocycles. The van der Waals surface area contributed by atoms with Crippen molar-refractivity contribution in [3.05, 3.63) is 128 Å². The van der Waals surface area contributed by atoms with Gasteiger partial charge in [-0.15, -0.1) is 0 Å². The van der Waals surface area contributed by atoms with E-state index in [1.807, 2.05) is 50.3 Å². The van der Waals surface area contributed by atoms with Crippen LogP contribution in [0.5, 0.6) is 17.2 Å². The highest BCUT2D eigenvalue weighted by atomic mass is 127. The predicted molar refractivity (Wildman–Crippen MR) is 209 cm³/mol. The number of thiazole rings is 1. The molecule has 252 valence electrons. The summed E-state index contributed by atoms with van der Waals surface area (Å²) in [6.45, 7) is 8.02. The number of benzene rings is 4. The molecule has 11 heteroatoms. The van der Waals surface area contributed by atoms with Gasteiger partial charge in [-0.3, -0.25) is 9.36 Å². The average Bonchev–Trinajstić information content (AvgIpc) is 3.37. The van der Waals surface area contributed by atoms with Crippen LogP contribution in [-0.4, -0.2) is 30.4 Å². The molecule has 0 unspecified atom stereocenters. The average molecular weight is 901 g/mol. The van der Waals surface area contributed by atoms with Crippen molar-refractivity contribution in [3.63, 3.8) is 0 Å². The molecular weight excluding hydrogens is 866 g/mol. The molecule has 0 saturated heterocycles. The number of rotatable bonds is 10. The largest absolute Gasteiger partial charge is 0.493 e. The first-order valence-corrected chi connectivity index (χ1v) is 18.7. The van der Waals surface area contributed by atoms with Gasteiger partial charge in [0.15, 0.2) is 16.3 Å². The Balaban J connectivity index is 1.37. The number of esters is 1. The number of carbonyl (C=O) groups is 1. The zero-order chi connectivity index (χ0) is 34.8. The van der Waals surface area contributed by atoms with E-state index in [1.54, 1.807) is 37.7 Å². The number of allylic oxidation sites excluding steroid dienone is 1. The lowest BCUT2D eigenvalue weighted by molar-refractivity contribution is -0.139. The van der Waals surface area contributed by atoms with Crippen molar-refractivity contribution in [2.24, 2.45) is 4.99 Å². The van der Waals surface area contributed by atoms with Gasteiger partial charge in [0.05, 0.1) is 48.8 Å². The second kappa shape index (κ2) is 15.1. The van der Waals surface area contributed by atoms with Gasteiger partial charge < -0.3 is 18.9 Å². The van der Waals surface area contributed by atoms with Crippen molar-refractivity contribution in [2.75, 3.05) is 13.7 Å². The molecule has 0 radical (unpaired) electrons. The molecule has 6 rings (SSSR count). The molecule has 1 aromatic heterocycles. The normalized spacial score (nSPS) is 14.5. The van der Waals surface area contributed by atoms with Crippen LogP contribution in [0.4, 0.5) is 0 Å². The molecule has 5 aromatic rings. The Bertz CT molecular complexity index is 2270. The SMILES string of the molecule is CCOC(=O)C1=C(C)N=c2s/c(=C\c3cc(I)c(OCc4ccc5ccccc5c4)c(I)c3)c(=O)n2[C@@H]1c1ccc(OC(C)C)c(OC)c1. The first-order valence-electron chi connectivity index (χ1n) is 15.7. The van der Waals surface area contributed by atoms with Crippen LogP contribution in [0.25, 0.3) is 16.8 Å². The van der Waals surface area contributed by atoms with E-state index in [1.165, 1.54) is 22.1 Å².